The van der Waals surface area contributed by atoms with Crippen molar-refractivity contribution in [1.29, 1.82) is 0 Å². The Hall–Kier alpha value is -2.72. The summed E-state index contributed by atoms with van der Waals surface area (Å²) in [7, 11) is 0. The number of nitrogens with one attached hydrogen (secondary N) is 1. The molecule has 4 nitrogen and oxygen atoms in total. The summed E-state index contributed by atoms with van der Waals surface area (Å²) >= 11 is 6.16. The van der Waals surface area contributed by atoms with Crippen molar-refractivity contribution in [3.05, 3.63) is 70.9 Å². The third kappa shape index (κ3) is 3.92. The van der Waals surface area contributed by atoms with E-state index in [2.05, 4.69) is 11.1 Å². The molecule has 0 aliphatic carbocycles. The Morgan fingerprint density at radius 3 is 2.75 bits per heavy atom. The normalized spacial score (nSPS) is 14.2. The molecule has 0 radical (unpaired) electrons. The fraction of sp³-hybridized carbons (Fsp3) is 0.261. The molecular weight excluding hydrogens is 372 g/mol. The largest absolute Gasteiger partial charge is 0.494 e. The lowest BCUT2D eigenvalue weighted by molar-refractivity contribution is -0.130. The van der Waals surface area contributed by atoms with Crippen LogP contribution < -0.4 is 4.74 Å². The lowest BCUT2D eigenvalue weighted by atomic mass is 9.98. The molecule has 1 N–H and O–H groups in total. The smallest absolute Gasteiger partial charge is 0.227 e. The first-order chi connectivity index (χ1) is 13.6. The van der Waals surface area contributed by atoms with E-state index in [0.29, 0.717) is 19.6 Å². The number of nitrogens with zero attached hydrogens (tertiary/aromatic N) is 1. The zero-order valence-electron chi connectivity index (χ0n) is 15.9. The van der Waals surface area contributed by atoms with E-state index in [0.717, 1.165) is 40.2 Å². The zero-order chi connectivity index (χ0) is 19.5. The molecular formula is C23H23ClN2O2. The van der Waals surface area contributed by atoms with Crippen LogP contribution >= 0.6 is 11.6 Å². The number of carbonyl (C=O) groups excluding carboxylic acids is 1. The summed E-state index contributed by atoms with van der Waals surface area (Å²) in [5.74, 6) is 0.990. The average Bonchev–Trinajstić information content (AvgIpc) is 3.13. The van der Waals surface area contributed by atoms with E-state index in [1.807, 2.05) is 60.5 Å². The van der Waals surface area contributed by atoms with Gasteiger partial charge in [0.05, 0.1) is 13.0 Å². The van der Waals surface area contributed by atoms with Crippen molar-refractivity contribution < 1.29 is 9.53 Å². The Bertz CT molecular complexity index is 1020. The summed E-state index contributed by atoms with van der Waals surface area (Å²) in [6.45, 7) is 3.97. The van der Waals surface area contributed by atoms with E-state index in [1.165, 1.54) is 11.1 Å². The van der Waals surface area contributed by atoms with Gasteiger partial charge in [-0.2, -0.15) is 0 Å². The van der Waals surface area contributed by atoms with Gasteiger partial charge >= 0.3 is 0 Å². The predicted molar refractivity (Wildman–Crippen MR) is 114 cm³/mol. The number of H-pyrrole nitrogens is 1. The van der Waals surface area contributed by atoms with Gasteiger partial charge in [0.1, 0.15) is 5.75 Å². The molecule has 5 heteroatoms. The number of ether oxygens (including phenoxy) is 1. The predicted octanol–water partition coefficient (Wildman–Crippen LogP) is 5.08. The fourth-order valence-electron chi connectivity index (χ4n) is 3.66. The SMILES string of the molecule is CCOc1ccc(CC(=O)N2CC=C(c3c[nH]c4ccc(Cl)cc34)CC2)cc1. The number of hydrogen-bond acceptors (Lipinski definition) is 2. The van der Waals surface area contributed by atoms with Crippen LogP contribution in [-0.2, 0) is 11.2 Å². The zero-order valence-corrected chi connectivity index (χ0v) is 16.6. The first-order valence-corrected chi connectivity index (χ1v) is 9.97. The van der Waals surface area contributed by atoms with Crippen molar-refractivity contribution in [3.8, 4) is 5.75 Å². The third-order valence-electron chi connectivity index (χ3n) is 5.14. The molecule has 1 aromatic heterocycles. The highest BCUT2D eigenvalue weighted by atomic mass is 35.5. The minimum Gasteiger partial charge on any atom is -0.494 e. The van der Waals surface area contributed by atoms with Gasteiger partial charge in [-0.05, 0) is 54.8 Å². The molecule has 28 heavy (non-hydrogen) atoms. The van der Waals surface area contributed by atoms with Gasteiger partial charge in [-0.25, -0.2) is 0 Å². The third-order valence-corrected chi connectivity index (χ3v) is 5.38. The van der Waals surface area contributed by atoms with Crippen molar-refractivity contribution in [2.75, 3.05) is 19.7 Å². The van der Waals surface area contributed by atoms with Crippen LogP contribution in [0, 0.1) is 0 Å². The van der Waals surface area contributed by atoms with Crippen LogP contribution in [0.1, 0.15) is 24.5 Å². The Balaban J connectivity index is 1.43. The number of fused-ring (bicyclic) bond motifs is 1. The maximum absolute atomic E-state index is 12.7. The van der Waals surface area contributed by atoms with Crippen LogP contribution in [0.3, 0.4) is 0 Å². The van der Waals surface area contributed by atoms with Gasteiger partial charge in [0.2, 0.25) is 5.91 Å². The highest BCUT2D eigenvalue weighted by Gasteiger charge is 2.19. The van der Waals surface area contributed by atoms with Gasteiger partial charge in [0.15, 0.2) is 0 Å². The number of carbonyl (C=O) groups is 1. The molecule has 1 amide bonds. The van der Waals surface area contributed by atoms with E-state index in [1.54, 1.807) is 0 Å². The summed E-state index contributed by atoms with van der Waals surface area (Å²) in [5.41, 5.74) is 4.53. The summed E-state index contributed by atoms with van der Waals surface area (Å²) in [5, 5.41) is 1.87. The number of benzene rings is 2. The first kappa shape index (κ1) is 18.6. The lowest BCUT2D eigenvalue weighted by Gasteiger charge is -2.26. The minimum atomic E-state index is 0.154. The number of halogens is 1. The van der Waals surface area contributed by atoms with E-state index in [9.17, 15) is 4.79 Å². The van der Waals surface area contributed by atoms with Crippen molar-refractivity contribution >= 4 is 34.0 Å². The maximum atomic E-state index is 12.7. The molecule has 1 aliphatic heterocycles. The molecule has 0 saturated heterocycles. The van der Waals surface area contributed by atoms with Crippen LogP contribution in [0.2, 0.25) is 5.02 Å². The Morgan fingerprint density at radius 1 is 1.21 bits per heavy atom. The summed E-state index contributed by atoms with van der Waals surface area (Å²) in [6, 6.07) is 13.6. The minimum absolute atomic E-state index is 0.154. The van der Waals surface area contributed by atoms with Crippen LogP contribution in [0.5, 0.6) is 5.75 Å². The molecule has 0 saturated carbocycles. The summed E-state index contributed by atoms with van der Waals surface area (Å²) < 4.78 is 5.45. The highest BCUT2D eigenvalue weighted by molar-refractivity contribution is 6.31. The van der Waals surface area contributed by atoms with Gasteiger partial charge in [-0.15, -0.1) is 0 Å². The molecule has 2 heterocycles. The second-order valence-corrected chi connectivity index (χ2v) is 7.40. The van der Waals surface area contributed by atoms with E-state index < -0.39 is 0 Å². The Labute approximate surface area is 169 Å². The number of aromatic amines is 1. The van der Waals surface area contributed by atoms with E-state index >= 15 is 0 Å². The standard InChI is InChI=1S/C23H23ClN2O2/c1-2-28-19-6-3-16(4-7-19)13-23(27)26-11-9-17(10-12-26)21-15-25-22-8-5-18(24)14-20(21)22/h3-9,14-15,25H,2,10-13H2,1H3. The first-order valence-electron chi connectivity index (χ1n) is 9.59. The second kappa shape index (κ2) is 8.11. The van der Waals surface area contributed by atoms with Gasteiger partial charge in [-0.3, -0.25) is 4.79 Å². The summed E-state index contributed by atoms with van der Waals surface area (Å²) in [6.07, 6.45) is 5.44. The number of rotatable bonds is 5. The lowest BCUT2D eigenvalue weighted by Crippen LogP contribution is -2.35. The van der Waals surface area contributed by atoms with Crippen LogP contribution in [0.25, 0.3) is 16.5 Å². The van der Waals surface area contributed by atoms with E-state index in [-0.39, 0.29) is 5.91 Å². The Kier molecular flexibility index (Phi) is 5.40. The molecule has 4 rings (SSSR count). The van der Waals surface area contributed by atoms with Gasteiger partial charge in [0.25, 0.3) is 0 Å². The molecule has 0 bridgehead atoms. The molecule has 144 valence electrons. The molecule has 0 atom stereocenters. The molecule has 1 aliphatic rings. The van der Waals surface area contributed by atoms with E-state index in [4.69, 9.17) is 16.3 Å². The number of hydrogen-bond donors (Lipinski definition) is 1. The molecule has 0 unspecified atom stereocenters. The Morgan fingerprint density at radius 2 is 2.04 bits per heavy atom. The van der Waals surface area contributed by atoms with Gasteiger partial charge in [-0.1, -0.05) is 29.8 Å². The van der Waals surface area contributed by atoms with Gasteiger partial charge in [0, 0.05) is 40.8 Å². The van der Waals surface area contributed by atoms with Crippen LogP contribution in [0.4, 0.5) is 0 Å². The average molecular weight is 395 g/mol. The van der Waals surface area contributed by atoms with Crippen LogP contribution in [-0.4, -0.2) is 35.5 Å². The van der Waals surface area contributed by atoms with Crippen LogP contribution in [0.15, 0.2) is 54.7 Å². The van der Waals surface area contributed by atoms with Crippen molar-refractivity contribution in [2.45, 2.75) is 19.8 Å². The topological polar surface area (TPSA) is 45.3 Å². The fourth-order valence-corrected chi connectivity index (χ4v) is 3.83. The molecule has 3 aromatic rings. The van der Waals surface area contributed by atoms with Crippen molar-refractivity contribution in [1.82, 2.24) is 9.88 Å². The van der Waals surface area contributed by atoms with Gasteiger partial charge < -0.3 is 14.6 Å². The second-order valence-electron chi connectivity index (χ2n) is 6.97. The van der Waals surface area contributed by atoms with Crippen molar-refractivity contribution in [2.24, 2.45) is 0 Å². The molecule has 2 aromatic carbocycles. The number of amides is 1. The molecule has 0 fully saturated rings. The summed E-state index contributed by atoms with van der Waals surface area (Å²) in [4.78, 5) is 17.9. The highest BCUT2D eigenvalue weighted by Crippen LogP contribution is 2.31. The quantitative estimate of drug-likeness (QED) is 0.656. The van der Waals surface area contributed by atoms with Crippen molar-refractivity contribution in [3.63, 3.8) is 0 Å². The maximum Gasteiger partial charge on any atom is 0.227 e. The monoisotopic (exact) mass is 394 g/mol. The molecule has 0 spiro atoms. The number of aromatic nitrogens is 1.